The zero-order valence-electron chi connectivity index (χ0n) is 18.7. The summed E-state index contributed by atoms with van der Waals surface area (Å²) in [5.41, 5.74) is -3.01. The number of hydrogen-bond donors (Lipinski definition) is 0. The Kier molecular flexibility index (Phi) is 6.15. The first-order valence-electron chi connectivity index (χ1n) is 9.52. The van der Waals surface area contributed by atoms with Gasteiger partial charge in [0.1, 0.15) is 11.2 Å². The van der Waals surface area contributed by atoms with E-state index in [1.54, 1.807) is 78.8 Å². The lowest BCUT2D eigenvalue weighted by atomic mass is 9.85. The van der Waals surface area contributed by atoms with Crippen molar-refractivity contribution < 1.29 is 28.7 Å². The number of carbonyl (C=O) groups excluding carboxylic acids is 3. The second-order valence-corrected chi connectivity index (χ2v) is 8.92. The van der Waals surface area contributed by atoms with Gasteiger partial charge in [0.15, 0.2) is 0 Å². The number of nitrogens with zero attached hydrogens (tertiary/aromatic N) is 3. The van der Waals surface area contributed by atoms with Crippen molar-refractivity contribution in [2.24, 2.45) is 5.10 Å². The van der Waals surface area contributed by atoms with Crippen molar-refractivity contribution >= 4 is 23.9 Å². The van der Waals surface area contributed by atoms with Gasteiger partial charge in [0.25, 0.3) is 5.91 Å². The van der Waals surface area contributed by atoms with Gasteiger partial charge in [-0.1, -0.05) is 30.3 Å². The van der Waals surface area contributed by atoms with Crippen LogP contribution in [0.1, 0.15) is 54.0 Å². The summed E-state index contributed by atoms with van der Waals surface area (Å²) >= 11 is 0. The molecular formula is C21H29N3O6. The van der Waals surface area contributed by atoms with Gasteiger partial charge in [-0.2, -0.15) is 5.10 Å². The Morgan fingerprint density at radius 1 is 1.00 bits per heavy atom. The molecule has 0 saturated carbocycles. The van der Waals surface area contributed by atoms with Crippen LogP contribution in [-0.2, 0) is 24.6 Å². The average Bonchev–Trinajstić information content (AvgIpc) is 2.80. The molecule has 2 rings (SSSR count). The predicted octanol–water partition coefficient (Wildman–Crippen LogP) is 3.83. The van der Waals surface area contributed by atoms with Crippen LogP contribution in [0.25, 0.3) is 0 Å². The third-order valence-corrected chi connectivity index (χ3v) is 4.04. The summed E-state index contributed by atoms with van der Waals surface area (Å²) in [5.74, 6) is -0.583. The van der Waals surface area contributed by atoms with Crippen LogP contribution in [-0.4, -0.2) is 52.2 Å². The normalized spacial score (nSPS) is 19.3. The molecule has 0 spiro atoms. The maximum absolute atomic E-state index is 13.3. The molecule has 0 saturated heterocycles. The highest BCUT2D eigenvalue weighted by atomic mass is 16.8. The van der Waals surface area contributed by atoms with Crippen LogP contribution in [0.15, 0.2) is 35.4 Å². The Morgan fingerprint density at radius 2 is 1.53 bits per heavy atom. The van der Waals surface area contributed by atoms with E-state index >= 15 is 0 Å². The molecule has 0 aromatic heterocycles. The fourth-order valence-corrected chi connectivity index (χ4v) is 2.98. The van der Waals surface area contributed by atoms with E-state index in [-0.39, 0.29) is 5.71 Å². The predicted molar refractivity (Wildman–Crippen MR) is 109 cm³/mol. The fraction of sp³-hybridized carbons (Fsp3) is 0.524. The monoisotopic (exact) mass is 419 g/mol. The minimum Gasteiger partial charge on any atom is -0.442 e. The topological polar surface area (TPSA) is 97.7 Å². The maximum Gasteiger partial charge on any atom is 0.534 e. The molecule has 2 amide bonds. The lowest BCUT2D eigenvalue weighted by Crippen LogP contribution is -2.59. The van der Waals surface area contributed by atoms with Gasteiger partial charge in [0.2, 0.25) is 5.54 Å². The standard InChI is InChI=1S/C21H29N3O6/c1-14-21(16(25)23(8)22-14,15-12-10-9-11-13-15)24(17(26)28-19(2,3)4)30-18(27)29-20(5,6)7/h9-13H,1-8H3. The second-order valence-electron chi connectivity index (χ2n) is 8.92. The van der Waals surface area contributed by atoms with Gasteiger partial charge in [-0.25, -0.2) is 14.6 Å². The highest BCUT2D eigenvalue weighted by molar-refractivity contribution is 6.17. The first-order chi connectivity index (χ1) is 13.7. The van der Waals surface area contributed by atoms with Crippen molar-refractivity contribution in [1.29, 1.82) is 0 Å². The number of ether oxygens (including phenoxy) is 2. The number of amides is 2. The third-order valence-electron chi connectivity index (χ3n) is 4.04. The molecule has 30 heavy (non-hydrogen) atoms. The van der Waals surface area contributed by atoms with Crippen molar-refractivity contribution in [2.75, 3.05) is 7.05 Å². The van der Waals surface area contributed by atoms with Crippen molar-refractivity contribution in [3.63, 3.8) is 0 Å². The first-order valence-corrected chi connectivity index (χ1v) is 9.52. The van der Waals surface area contributed by atoms with Crippen LogP contribution in [0, 0.1) is 0 Å². The van der Waals surface area contributed by atoms with E-state index in [4.69, 9.17) is 14.3 Å². The molecule has 164 valence electrons. The lowest BCUT2D eigenvalue weighted by molar-refractivity contribution is -0.181. The molecule has 0 bridgehead atoms. The molecule has 9 heteroatoms. The molecule has 9 nitrogen and oxygen atoms in total. The van der Waals surface area contributed by atoms with E-state index in [2.05, 4.69) is 5.10 Å². The highest BCUT2D eigenvalue weighted by Gasteiger charge is 2.59. The molecule has 0 fully saturated rings. The molecule has 0 N–H and O–H groups in total. The maximum atomic E-state index is 13.3. The number of carbonyl (C=O) groups is 3. The Hall–Kier alpha value is -3.10. The summed E-state index contributed by atoms with van der Waals surface area (Å²) in [7, 11) is 1.46. The molecular weight excluding hydrogens is 390 g/mol. The number of rotatable bonds is 2. The average molecular weight is 419 g/mol. The zero-order chi connectivity index (χ0) is 22.9. The number of hydroxylamine groups is 2. The number of benzene rings is 1. The van der Waals surface area contributed by atoms with Crippen molar-refractivity contribution in [3.8, 4) is 0 Å². The summed E-state index contributed by atoms with van der Waals surface area (Å²) in [6.07, 6.45) is -2.19. The van der Waals surface area contributed by atoms with E-state index in [0.29, 0.717) is 10.6 Å². The number of hydrazone groups is 1. The van der Waals surface area contributed by atoms with E-state index in [1.807, 2.05) is 0 Å². The summed E-state index contributed by atoms with van der Waals surface area (Å²) in [5, 5.41) is 5.91. The molecule has 1 heterocycles. The number of hydrogen-bond acceptors (Lipinski definition) is 7. The Labute approximate surface area is 176 Å². The highest BCUT2D eigenvalue weighted by Crippen LogP contribution is 2.38. The molecule has 1 aromatic rings. The molecule has 1 unspecified atom stereocenters. The summed E-state index contributed by atoms with van der Waals surface area (Å²) < 4.78 is 10.7. The number of likely N-dealkylation sites (N-methyl/N-ethyl adjacent to an activating group) is 1. The molecule has 0 radical (unpaired) electrons. The van der Waals surface area contributed by atoms with Crippen LogP contribution in [0.5, 0.6) is 0 Å². The summed E-state index contributed by atoms with van der Waals surface area (Å²) in [6.45, 7) is 11.5. The van der Waals surface area contributed by atoms with Gasteiger partial charge >= 0.3 is 12.2 Å². The largest absolute Gasteiger partial charge is 0.534 e. The zero-order valence-corrected chi connectivity index (χ0v) is 18.7. The molecule has 1 aliphatic rings. The summed E-state index contributed by atoms with van der Waals surface area (Å²) in [6, 6.07) is 8.46. The SMILES string of the molecule is CC1=NN(C)C(=O)C1(c1ccccc1)N(OC(=O)OC(C)(C)C)C(=O)OC(C)(C)C. The van der Waals surface area contributed by atoms with Crippen molar-refractivity contribution in [1.82, 2.24) is 10.1 Å². The van der Waals surface area contributed by atoms with Gasteiger partial charge in [0, 0.05) is 7.05 Å². The fourth-order valence-electron chi connectivity index (χ4n) is 2.98. The van der Waals surface area contributed by atoms with E-state index in [0.717, 1.165) is 5.01 Å². The van der Waals surface area contributed by atoms with Crippen LogP contribution in [0.3, 0.4) is 0 Å². The smallest absolute Gasteiger partial charge is 0.442 e. The van der Waals surface area contributed by atoms with Crippen LogP contribution in [0.4, 0.5) is 9.59 Å². The van der Waals surface area contributed by atoms with Gasteiger partial charge in [0.05, 0.1) is 5.71 Å². The lowest BCUT2D eigenvalue weighted by Gasteiger charge is -2.38. The minimum absolute atomic E-state index is 0.232. The minimum atomic E-state index is -1.84. The van der Waals surface area contributed by atoms with E-state index < -0.39 is 34.9 Å². The first kappa shape index (κ1) is 23.2. The van der Waals surface area contributed by atoms with Gasteiger partial charge in [-0.15, -0.1) is 5.06 Å². The quantitative estimate of drug-likeness (QED) is 0.534. The third kappa shape index (κ3) is 4.72. The molecule has 0 aliphatic carbocycles. The Morgan fingerprint density at radius 3 is 1.97 bits per heavy atom. The molecule has 1 aromatic carbocycles. The van der Waals surface area contributed by atoms with Crippen molar-refractivity contribution in [2.45, 2.75) is 65.2 Å². The molecule has 1 atom stereocenters. The second kappa shape index (κ2) is 7.97. The van der Waals surface area contributed by atoms with Crippen molar-refractivity contribution in [3.05, 3.63) is 35.9 Å². The van der Waals surface area contributed by atoms with Gasteiger partial charge in [-0.3, -0.25) is 9.63 Å². The molecule has 1 aliphatic heterocycles. The van der Waals surface area contributed by atoms with Gasteiger partial charge < -0.3 is 9.47 Å². The van der Waals surface area contributed by atoms with Crippen LogP contribution in [0.2, 0.25) is 0 Å². The van der Waals surface area contributed by atoms with Crippen LogP contribution < -0.4 is 0 Å². The Bertz CT molecular complexity index is 854. The van der Waals surface area contributed by atoms with E-state index in [9.17, 15) is 14.4 Å². The van der Waals surface area contributed by atoms with E-state index in [1.165, 1.54) is 7.05 Å². The summed E-state index contributed by atoms with van der Waals surface area (Å²) in [4.78, 5) is 44.4. The van der Waals surface area contributed by atoms with Crippen LogP contribution >= 0.6 is 0 Å². The van der Waals surface area contributed by atoms with Gasteiger partial charge in [-0.05, 0) is 54.0 Å². The Balaban J connectivity index is 2.64.